The van der Waals surface area contributed by atoms with E-state index in [1.807, 2.05) is 0 Å². The van der Waals surface area contributed by atoms with Crippen LogP contribution in [0, 0.1) is 0 Å². The molecule has 0 radical (unpaired) electrons. The zero-order valence-electron chi connectivity index (χ0n) is 8.87. The molecular formula is C11H10ClN3O2. The quantitative estimate of drug-likeness (QED) is 0.814. The van der Waals surface area contributed by atoms with Crippen molar-refractivity contribution in [2.75, 3.05) is 18.9 Å². The first-order valence-electron chi connectivity index (χ1n) is 5.14. The van der Waals surface area contributed by atoms with Crippen LogP contribution < -0.4 is 15.2 Å². The number of nitrogens with zero attached hydrogens (tertiary/aromatic N) is 1. The van der Waals surface area contributed by atoms with Gasteiger partial charge >= 0.3 is 0 Å². The van der Waals surface area contributed by atoms with Crippen LogP contribution in [0.25, 0.3) is 11.1 Å². The first-order chi connectivity index (χ1) is 8.27. The third kappa shape index (κ3) is 1.59. The van der Waals surface area contributed by atoms with Gasteiger partial charge in [0.15, 0.2) is 11.5 Å². The van der Waals surface area contributed by atoms with Crippen molar-refractivity contribution in [3.05, 3.63) is 23.4 Å². The Morgan fingerprint density at radius 1 is 1.29 bits per heavy atom. The van der Waals surface area contributed by atoms with Gasteiger partial charge in [0.1, 0.15) is 19.0 Å². The molecule has 1 aliphatic rings. The van der Waals surface area contributed by atoms with Crippen LogP contribution in [-0.2, 0) is 0 Å². The third-order valence-electron chi connectivity index (χ3n) is 2.60. The molecule has 1 aromatic heterocycles. The number of ether oxygens (including phenoxy) is 2. The summed E-state index contributed by atoms with van der Waals surface area (Å²) in [4.78, 5) is 0. The van der Waals surface area contributed by atoms with E-state index in [0.29, 0.717) is 35.6 Å². The molecule has 2 heterocycles. The van der Waals surface area contributed by atoms with Gasteiger partial charge in [-0.05, 0) is 12.1 Å². The molecule has 0 atom stereocenters. The number of nitrogens with one attached hydrogen (secondary N) is 1. The van der Waals surface area contributed by atoms with Gasteiger partial charge in [0.2, 0.25) is 0 Å². The third-order valence-corrected chi connectivity index (χ3v) is 2.91. The van der Waals surface area contributed by atoms with Crippen LogP contribution in [0.3, 0.4) is 0 Å². The maximum absolute atomic E-state index is 6.19. The zero-order valence-corrected chi connectivity index (χ0v) is 9.62. The Morgan fingerprint density at radius 2 is 2.12 bits per heavy atom. The van der Waals surface area contributed by atoms with Gasteiger partial charge in [-0.15, -0.1) is 0 Å². The molecule has 3 N–H and O–H groups in total. The second kappa shape index (κ2) is 3.85. The van der Waals surface area contributed by atoms with Crippen molar-refractivity contribution in [1.82, 2.24) is 10.2 Å². The maximum atomic E-state index is 6.19. The lowest BCUT2D eigenvalue weighted by Gasteiger charge is -2.21. The number of benzene rings is 1. The SMILES string of the molecule is Nc1[nH]ncc1-c1c(Cl)ccc2c1OCCO2. The van der Waals surface area contributed by atoms with Crippen LogP contribution in [0.1, 0.15) is 0 Å². The summed E-state index contributed by atoms with van der Waals surface area (Å²) in [5, 5.41) is 7.11. The van der Waals surface area contributed by atoms with Gasteiger partial charge < -0.3 is 15.2 Å². The monoisotopic (exact) mass is 251 g/mol. The van der Waals surface area contributed by atoms with Crippen LogP contribution in [0.4, 0.5) is 5.82 Å². The highest BCUT2D eigenvalue weighted by Gasteiger charge is 2.22. The largest absolute Gasteiger partial charge is 0.486 e. The molecule has 0 fully saturated rings. The Bertz CT molecular complexity index is 568. The topological polar surface area (TPSA) is 73.2 Å². The summed E-state index contributed by atoms with van der Waals surface area (Å²) in [5.41, 5.74) is 7.24. The van der Waals surface area contributed by atoms with Gasteiger partial charge in [-0.2, -0.15) is 5.10 Å². The van der Waals surface area contributed by atoms with Gasteiger partial charge in [0, 0.05) is 5.56 Å². The fraction of sp³-hybridized carbons (Fsp3) is 0.182. The van der Waals surface area contributed by atoms with Crippen molar-refractivity contribution >= 4 is 17.4 Å². The number of rotatable bonds is 1. The number of hydrogen-bond acceptors (Lipinski definition) is 4. The normalized spacial score (nSPS) is 13.7. The molecule has 0 saturated heterocycles. The molecule has 0 aliphatic carbocycles. The van der Waals surface area contributed by atoms with Crippen molar-refractivity contribution in [2.24, 2.45) is 0 Å². The average Bonchev–Trinajstić information content (AvgIpc) is 2.75. The van der Waals surface area contributed by atoms with E-state index in [4.69, 9.17) is 26.8 Å². The van der Waals surface area contributed by atoms with E-state index >= 15 is 0 Å². The summed E-state index contributed by atoms with van der Waals surface area (Å²) in [6.07, 6.45) is 1.62. The molecule has 1 aliphatic heterocycles. The van der Waals surface area contributed by atoms with Crippen molar-refractivity contribution in [3.63, 3.8) is 0 Å². The minimum atomic E-state index is 0.453. The Labute approximate surface area is 102 Å². The molecule has 6 heteroatoms. The molecule has 5 nitrogen and oxygen atoms in total. The van der Waals surface area contributed by atoms with Gasteiger partial charge in [-0.1, -0.05) is 11.6 Å². The van der Waals surface area contributed by atoms with Crippen LogP contribution in [0.15, 0.2) is 18.3 Å². The van der Waals surface area contributed by atoms with E-state index in [-0.39, 0.29) is 0 Å². The van der Waals surface area contributed by atoms with Crippen LogP contribution >= 0.6 is 11.6 Å². The molecule has 0 unspecified atom stereocenters. The number of fused-ring (bicyclic) bond motifs is 1. The van der Waals surface area contributed by atoms with E-state index in [1.54, 1.807) is 18.3 Å². The number of anilines is 1. The van der Waals surface area contributed by atoms with Crippen molar-refractivity contribution < 1.29 is 9.47 Å². The van der Waals surface area contributed by atoms with Crippen LogP contribution in [-0.4, -0.2) is 23.4 Å². The summed E-state index contributed by atoms with van der Waals surface area (Å²) in [5.74, 6) is 1.75. The standard InChI is InChI=1S/C11H10ClN3O2/c12-7-1-2-8-10(17-4-3-16-8)9(7)6-5-14-15-11(6)13/h1-2,5H,3-4H2,(H3,13,14,15). The number of halogens is 1. The van der Waals surface area contributed by atoms with Gasteiger partial charge in [0.25, 0.3) is 0 Å². The zero-order chi connectivity index (χ0) is 11.8. The van der Waals surface area contributed by atoms with Crippen molar-refractivity contribution in [2.45, 2.75) is 0 Å². The van der Waals surface area contributed by atoms with Gasteiger partial charge in [0.05, 0.1) is 16.8 Å². The summed E-state index contributed by atoms with van der Waals surface area (Å²) in [6.45, 7) is 1.03. The van der Waals surface area contributed by atoms with Gasteiger partial charge in [-0.3, -0.25) is 5.10 Å². The van der Waals surface area contributed by atoms with Crippen LogP contribution in [0.2, 0.25) is 5.02 Å². The highest BCUT2D eigenvalue weighted by molar-refractivity contribution is 6.34. The smallest absolute Gasteiger partial charge is 0.170 e. The maximum Gasteiger partial charge on any atom is 0.170 e. The fourth-order valence-electron chi connectivity index (χ4n) is 1.84. The molecule has 88 valence electrons. The molecule has 0 amide bonds. The fourth-order valence-corrected chi connectivity index (χ4v) is 2.09. The van der Waals surface area contributed by atoms with E-state index in [2.05, 4.69) is 10.2 Å². The predicted octanol–water partition coefficient (Wildman–Crippen LogP) is 2.08. The Kier molecular flexibility index (Phi) is 2.33. The summed E-state index contributed by atoms with van der Waals surface area (Å²) in [6, 6.07) is 3.55. The first kappa shape index (κ1) is 10.3. The number of nitrogen functional groups attached to an aromatic ring is 1. The molecule has 1 aromatic carbocycles. The molecule has 2 aromatic rings. The van der Waals surface area contributed by atoms with Crippen molar-refractivity contribution in [1.29, 1.82) is 0 Å². The van der Waals surface area contributed by atoms with E-state index in [1.165, 1.54) is 0 Å². The average molecular weight is 252 g/mol. The Hall–Kier alpha value is -1.88. The molecule has 17 heavy (non-hydrogen) atoms. The predicted molar refractivity (Wildman–Crippen MR) is 64.4 cm³/mol. The number of aromatic amines is 1. The lowest BCUT2D eigenvalue weighted by molar-refractivity contribution is 0.172. The lowest BCUT2D eigenvalue weighted by atomic mass is 10.1. The second-order valence-electron chi connectivity index (χ2n) is 3.64. The highest BCUT2D eigenvalue weighted by Crippen LogP contribution is 2.45. The molecule has 3 rings (SSSR count). The Balaban J connectivity index is 2.25. The number of nitrogens with two attached hydrogens (primary N) is 1. The second-order valence-corrected chi connectivity index (χ2v) is 4.05. The van der Waals surface area contributed by atoms with Crippen LogP contribution in [0.5, 0.6) is 11.5 Å². The molecular weight excluding hydrogens is 242 g/mol. The first-order valence-corrected chi connectivity index (χ1v) is 5.52. The highest BCUT2D eigenvalue weighted by atomic mass is 35.5. The molecule has 0 bridgehead atoms. The summed E-state index contributed by atoms with van der Waals surface area (Å²) >= 11 is 6.19. The van der Waals surface area contributed by atoms with E-state index < -0.39 is 0 Å². The van der Waals surface area contributed by atoms with Crippen molar-refractivity contribution in [3.8, 4) is 22.6 Å². The molecule has 0 saturated carbocycles. The number of hydrogen-bond donors (Lipinski definition) is 2. The minimum absolute atomic E-state index is 0.453. The Morgan fingerprint density at radius 3 is 2.88 bits per heavy atom. The number of H-pyrrole nitrogens is 1. The summed E-state index contributed by atoms with van der Waals surface area (Å²) in [7, 11) is 0. The van der Waals surface area contributed by atoms with E-state index in [0.717, 1.165) is 11.1 Å². The summed E-state index contributed by atoms with van der Waals surface area (Å²) < 4.78 is 11.1. The lowest BCUT2D eigenvalue weighted by Crippen LogP contribution is -2.16. The minimum Gasteiger partial charge on any atom is -0.486 e. The van der Waals surface area contributed by atoms with E-state index in [9.17, 15) is 0 Å². The number of aromatic nitrogens is 2. The molecule has 0 spiro atoms. The van der Waals surface area contributed by atoms with Gasteiger partial charge in [-0.25, -0.2) is 0 Å².